The van der Waals surface area contributed by atoms with Crippen LogP contribution >= 0.6 is 11.3 Å². The van der Waals surface area contributed by atoms with Crippen LogP contribution in [0.15, 0.2) is 35.4 Å². The van der Waals surface area contributed by atoms with Crippen molar-refractivity contribution in [1.29, 1.82) is 0 Å². The van der Waals surface area contributed by atoms with Crippen molar-refractivity contribution in [3.63, 3.8) is 0 Å². The molecule has 0 spiro atoms. The highest BCUT2D eigenvalue weighted by Crippen LogP contribution is 2.41. The van der Waals surface area contributed by atoms with Gasteiger partial charge in [-0.15, -0.1) is 11.3 Å². The van der Waals surface area contributed by atoms with Crippen LogP contribution in [-0.2, 0) is 29.0 Å². The molecular formula is C25H29F3N6O2S2. The Kier molecular flexibility index (Phi) is 7.37. The number of aromatic nitrogens is 2. The van der Waals surface area contributed by atoms with Crippen molar-refractivity contribution < 1.29 is 21.6 Å². The predicted molar refractivity (Wildman–Crippen MR) is 143 cm³/mol. The number of nitrogens with zero attached hydrogens (tertiary/aromatic N) is 3. The van der Waals surface area contributed by atoms with Crippen LogP contribution in [0.3, 0.4) is 0 Å². The first-order valence-electron chi connectivity index (χ1n) is 12.4. The van der Waals surface area contributed by atoms with Crippen molar-refractivity contribution in [1.82, 2.24) is 20.6 Å². The van der Waals surface area contributed by atoms with Crippen LogP contribution < -0.4 is 20.9 Å². The van der Waals surface area contributed by atoms with Crippen molar-refractivity contribution in [3.05, 3.63) is 46.5 Å². The van der Waals surface area contributed by atoms with Gasteiger partial charge in [0.1, 0.15) is 5.56 Å². The lowest BCUT2D eigenvalue weighted by molar-refractivity contribution is -0.137. The number of hydrogen-bond acceptors (Lipinski definition) is 9. The second-order valence-electron chi connectivity index (χ2n) is 9.47. The van der Waals surface area contributed by atoms with E-state index in [-0.39, 0.29) is 33.7 Å². The zero-order valence-corrected chi connectivity index (χ0v) is 22.7. The van der Waals surface area contributed by atoms with Crippen LogP contribution in [0.25, 0.3) is 10.6 Å². The number of nitrogens with one attached hydrogen (secondary N) is 3. The van der Waals surface area contributed by atoms with E-state index >= 15 is 0 Å². The SMILES string of the molecule is CCc1cc(N2CCNC(C)C2)ccc1Nc1ncc(C(F)(F)F)c(-c2cc3c(s2)CNCCS3(=O)=O)n1. The van der Waals surface area contributed by atoms with Gasteiger partial charge in [-0.05, 0) is 43.2 Å². The molecule has 2 aromatic heterocycles. The number of rotatable bonds is 5. The molecule has 3 aromatic rings. The lowest BCUT2D eigenvalue weighted by Gasteiger charge is -2.34. The zero-order valence-electron chi connectivity index (χ0n) is 21.0. The summed E-state index contributed by atoms with van der Waals surface area (Å²) in [7, 11) is -3.60. The van der Waals surface area contributed by atoms with Crippen LogP contribution in [-0.4, -0.2) is 56.4 Å². The van der Waals surface area contributed by atoms with E-state index in [1.807, 2.05) is 19.1 Å². The fourth-order valence-corrected chi connectivity index (χ4v) is 7.71. The van der Waals surface area contributed by atoms with Gasteiger partial charge in [0.25, 0.3) is 0 Å². The third kappa shape index (κ3) is 5.51. The standard InChI is InChI=1S/C25H29F3N6O2S2/c1-3-16-10-17(34-8-6-30-15(2)14-34)4-5-19(16)32-24-31-12-18(25(26,27)28)23(33-24)20-11-22-21(37-20)13-29-7-9-38(22,35)36/h4-5,10-12,15,29-30H,3,6-9,13-14H2,1-2H3,(H,31,32,33). The van der Waals surface area contributed by atoms with E-state index < -0.39 is 21.6 Å². The Balaban J connectivity index is 1.50. The molecule has 38 heavy (non-hydrogen) atoms. The Morgan fingerprint density at radius 1 is 1.24 bits per heavy atom. The second-order valence-corrected chi connectivity index (χ2v) is 12.7. The summed E-state index contributed by atoms with van der Waals surface area (Å²) in [5.41, 5.74) is 1.43. The smallest absolute Gasteiger partial charge is 0.369 e. The molecule has 1 saturated heterocycles. The molecule has 0 radical (unpaired) electrons. The van der Waals surface area contributed by atoms with Crippen molar-refractivity contribution >= 4 is 38.5 Å². The van der Waals surface area contributed by atoms with Crippen LogP contribution in [0.2, 0.25) is 0 Å². The number of anilines is 3. The summed E-state index contributed by atoms with van der Waals surface area (Å²) in [5.74, 6) is -0.0996. The van der Waals surface area contributed by atoms with Gasteiger partial charge in [-0.25, -0.2) is 18.4 Å². The maximum Gasteiger partial charge on any atom is 0.420 e. The Morgan fingerprint density at radius 2 is 2.05 bits per heavy atom. The second kappa shape index (κ2) is 10.4. The number of fused-ring (bicyclic) bond motifs is 1. The molecule has 2 aliphatic heterocycles. The molecule has 1 atom stereocenters. The molecular weight excluding hydrogens is 537 g/mol. The Morgan fingerprint density at radius 3 is 2.79 bits per heavy atom. The van der Waals surface area contributed by atoms with Gasteiger partial charge in [-0.2, -0.15) is 13.2 Å². The van der Waals surface area contributed by atoms with Gasteiger partial charge < -0.3 is 20.9 Å². The van der Waals surface area contributed by atoms with Gasteiger partial charge >= 0.3 is 6.18 Å². The molecule has 1 fully saturated rings. The highest BCUT2D eigenvalue weighted by molar-refractivity contribution is 7.91. The number of halogens is 3. The molecule has 0 bridgehead atoms. The molecule has 0 saturated carbocycles. The van der Waals surface area contributed by atoms with Crippen LogP contribution in [0.5, 0.6) is 0 Å². The van der Waals surface area contributed by atoms with E-state index in [9.17, 15) is 21.6 Å². The lowest BCUT2D eigenvalue weighted by Crippen LogP contribution is -2.49. The molecule has 8 nitrogen and oxygen atoms in total. The minimum absolute atomic E-state index is 0.0100. The lowest BCUT2D eigenvalue weighted by atomic mass is 10.1. The third-order valence-corrected chi connectivity index (χ3v) is 9.76. The largest absolute Gasteiger partial charge is 0.420 e. The fourth-order valence-electron chi connectivity index (χ4n) is 4.75. The average molecular weight is 567 g/mol. The molecule has 0 amide bonds. The normalized spacial score (nSPS) is 19.6. The van der Waals surface area contributed by atoms with Gasteiger partial charge in [0.15, 0.2) is 9.84 Å². The third-order valence-electron chi connectivity index (χ3n) is 6.72. The summed E-state index contributed by atoms with van der Waals surface area (Å²) in [6.45, 7) is 7.39. The van der Waals surface area contributed by atoms with E-state index in [2.05, 4.69) is 43.8 Å². The molecule has 13 heteroatoms. The first-order chi connectivity index (χ1) is 18.0. The number of piperazine rings is 1. The van der Waals surface area contributed by atoms with Gasteiger partial charge in [-0.3, -0.25) is 0 Å². The van der Waals surface area contributed by atoms with Gasteiger partial charge in [0.05, 0.1) is 21.2 Å². The topological polar surface area (TPSA) is 99.2 Å². The highest BCUT2D eigenvalue weighted by Gasteiger charge is 2.37. The van der Waals surface area contributed by atoms with Gasteiger partial charge in [-0.1, -0.05) is 6.92 Å². The predicted octanol–water partition coefficient (Wildman–Crippen LogP) is 4.20. The average Bonchev–Trinajstić information content (AvgIpc) is 3.26. The minimum atomic E-state index is -4.71. The highest BCUT2D eigenvalue weighted by atomic mass is 32.2. The van der Waals surface area contributed by atoms with Crippen LogP contribution in [0, 0.1) is 0 Å². The summed E-state index contributed by atoms with van der Waals surface area (Å²) in [6, 6.07) is 7.65. The Bertz CT molecular complexity index is 1440. The van der Waals surface area contributed by atoms with Crippen molar-refractivity contribution in [2.75, 3.05) is 42.1 Å². The maximum absolute atomic E-state index is 13.9. The summed E-state index contributed by atoms with van der Waals surface area (Å²) in [6.07, 6.45) is -3.25. The summed E-state index contributed by atoms with van der Waals surface area (Å²) in [4.78, 5) is 11.2. The molecule has 3 N–H and O–H groups in total. The summed E-state index contributed by atoms with van der Waals surface area (Å²) < 4.78 is 67.1. The number of alkyl halides is 3. The Hall–Kier alpha value is -2.74. The molecule has 2 aliphatic rings. The molecule has 204 valence electrons. The van der Waals surface area contributed by atoms with E-state index in [4.69, 9.17) is 0 Å². The van der Waals surface area contributed by atoms with E-state index in [0.717, 1.165) is 48.4 Å². The fraction of sp³-hybridized carbons (Fsp3) is 0.440. The van der Waals surface area contributed by atoms with Crippen molar-refractivity contribution in [3.8, 4) is 10.6 Å². The van der Waals surface area contributed by atoms with Crippen molar-refractivity contribution in [2.24, 2.45) is 0 Å². The van der Waals surface area contributed by atoms with E-state index in [0.29, 0.717) is 29.6 Å². The molecule has 1 aromatic carbocycles. The van der Waals surface area contributed by atoms with E-state index in [1.54, 1.807) is 0 Å². The zero-order chi connectivity index (χ0) is 27.1. The maximum atomic E-state index is 13.9. The number of aryl methyl sites for hydroxylation is 1. The van der Waals surface area contributed by atoms with Gasteiger partial charge in [0.2, 0.25) is 5.95 Å². The molecule has 4 heterocycles. The quantitative estimate of drug-likeness (QED) is 0.423. The first-order valence-corrected chi connectivity index (χ1v) is 14.9. The number of sulfone groups is 1. The molecule has 1 unspecified atom stereocenters. The number of hydrogen-bond donors (Lipinski definition) is 3. The van der Waals surface area contributed by atoms with Crippen molar-refractivity contribution in [2.45, 2.75) is 43.9 Å². The molecule has 0 aliphatic carbocycles. The monoisotopic (exact) mass is 566 g/mol. The van der Waals surface area contributed by atoms with E-state index in [1.165, 1.54) is 6.07 Å². The number of benzene rings is 1. The van der Waals surface area contributed by atoms with Crippen LogP contribution in [0.1, 0.15) is 29.9 Å². The minimum Gasteiger partial charge on any atom is -0.369 e. The van der Waals surface area contributed by atoms with Gasteiger partial charge in [0, 0.05) is 61.2 Å². The first kappa shape index (κ1) is 26.9. The summed E-state index contributed by atoms with van der Waals surface area (Å²) >= 11 is 1.00. The van der Waals surface area contributed by atoms with Crippen LogP contribution in [0.4, 0.5) is 30.5 Å². The molecule has 5 rings (SSSR count). The number of thiophene rings is 1. The summed E-state index contributed by atoms with van der Waals surface area (Å²) in [5, 5.41) is 9.53. The Labute approximate surface area is 223 Å².